The van der Waals surface area contributed by atoms with Gasteiger partial charge in [0, 0.05) is 6.04 Å². The molecule has 4 N–H and O–H groups in total. The van der Waals surface area contributed by atoms with Crippen LogP contribution in [0.5, 0.6) is 5.75 Å². The topological polar surface area (TPSA) is 84.6 Å². The third-order valence-electron chi connectivity index (χ3n) is 2.59. The summed E-state index contributed by atoms with van der Waals surface area (Å²) in [5, 5.41) is 10.3. The Morgan fingerprint density at radius 3 is 2.65 bits per heavy atom. The van der Waals surface area contributed by atoms with Crippen LogP contribution in [0.15, 0.2) is 30.3 Å². The molecule has 1 rings (SSSR count). The van der Waals surface area contributed by atoms with Crippen LogP contribution < -0.4 is 16.1 Å². The number of thioether (sulfide) groups is 1. The summed E-state index contributed by atoms with van der Waals surface area (Å²) in [7, 11) is 0. The summed E-state index contributed by atoms with van der Waals surface area (Å²) in [5.41, 5.74) is 8.00. The maximum atomic E-state index is 11.7. The predicted molar refractivity (Wildman–Crippen MR) is 81.4 cm³/mol. The fourth-order valence-electron chi connectivity index (χ4n) is 1.45. The summed E-state index contributed by atoms with van der Waals surface area (Å²) >= 11 is 1.74. The molecule has 0 aliphatic heterocycles. The van der Waals surface area contributed by atoms with Gasteiger partial charge in [-0.25, -0.2) is 0 Å². The zero-order valence-corrected chi connectivity index (χ0v) is 12.6. The van der Waals surface area contributed by atoms with Crippen molar-refractivity contribution >= 4 is 17.7 Å². The molecule has 1 aromatic carbocycles. The number of para-hydroxylation sites is 1. The number of benzene rings is 1. The molecule has 1 unspecified atom stereocenters. The second kappa shape index (κ2) is 8.84. The van der Waals surface area contributed by atoms with Crippen LogP contribution in [-0.4, -0.2) is 34.2 Å². The molecule has 0 radical (unpaired) electrons. The Hall–Kier alpha value is -1.24. The fourth-order valence-corrected chi connectivity index (χ4v) is 2.33. The van der Waals surface area contributed by atoms with Crippen molar-refractivity contribution in [3.8, 4) is 5.75 Å². The second-order valence-corrected chi connectivity index (χ2v) is 6.38. The molecule has 0 saturated carbocycles. The van der Waals surface area contributed by atoms with Crippen molar-refractivity contribution in [1.29, 1.82) is 0 Å². The van der Waals surface area contributed by atoms with E-state index in [4.69, 9.17) is 10.6 Å². The molecule has 2 atom stereocenters. The number of hydrogen-bond donors (Lipinski definition) is 3. The van der Waals surface area contributed by atoms with Gasteiger partial charge in [-0.2, -0.15) is 17.2 Å². The molecule has 0 aliphatic rings. The molecule has 1 aromatic rings. The van der Waals surface area contributed by atoms with Gasteiger partial charge in [0.1, 0.15) is 0 Å². The molecule has 0 aromatic heterocycles. The Bertz CT molecular complexity index is 401. The molecule has 0 heterocycles. The number of aliphatic hydroxyl groups is 1. The Morgan fingerprint density at radius 1 is 1.40 bits per heavy atom. The zero-order chi connectivity index (χ0) is 15.0. The zero-order valence-electron chi connectivity index (χ0n) is 11.8. The van der Waals surface area contributed by atoms with Crippen molar-refractivity contribution in [1.82, 2.24) is 5.48 Å². The van der Waals surface area contributed by atoms with Crippen molar-refractivity contribution < 1.29 is 14.7 Å². The van der Waals surface area contributed by atoms with Crippen LogP contribution in [0.3, 0.4) is 0 Å². The van der Waals surface area contributed by atoms with Crippen LogP contribution in [0, 0.1) is 0 Å². The first-order valence-corrected chi connectivity index (χ1v) is 7.62. The number of aliphatic hydroxyl groups excluding tert-OH is 1. The van der Waals surface area contributed by atoms with Gasteiger partial charge in [0.05, 0.1) is 0 Å². The van der Waals surface area contributed by atoms with E-state index in [-0.39, 0.29) is 0 Å². The highest BCUT2D eigenvalue weighted by molar-refractivity contribution is 7.99. The Morgan fingerprint density at radius 2 is 2.05 bits per heavy atom. The second-order valence-electron chi connectivity index (χ2n) is 4.70. The molecule has 1 amide bonds. The van der Waals surface area contributed by atoms with Crippen molar-refractivity contribution in [3.63, 3.8) is 0 Å². The predicted octanol–water partition coefficient (Wildman–Crippen LogP) is 1.32. The van der Waals surface area contributed by atoms with Crippen LogP contribution >= 0.6 is 11.8 Å². The highest BCUT2D eigenvalue weighted by Crippen LogP contribution is 2.12. The molecule has 0 fully saturated rings. The monoisotopic (exact) mass is 298 g/mol. The molecule has 0 bridgehead atoms. The standard InChI is InChI=1S/C14H22N2O3S/c1-10(2)20-9-8-12(15)13(17)14(18)16-19-11-6-4-3-5-7-11/h3-7,10,12-13,17H,8-9,15H2,1-2H3,(H,16,18)/t12-,13?/m1/s1. The van der Waals surface area contributed by atoms with Crippen LogP contribution in [0.1, 0.15) is 20.3 Å². The molecule has 0 spiro atoms. The Balaban J connectivity index is 2.31. The van der Waals surface area contributed by atoms with Gasteiger partial charge < -0.3 is 15.7 Å². The van der Waals surface area contributed by atoms with Crippen molar-refractivity contribution in [3.05, 3.63) is 30.3 Å². The van der Waals surface area contributed by atoms with E-state index < -0.39 is 18.1 Å². The summed E-state index contributed by atoms with van der Waals surface area (Å²) in [6.45, 7) is 4.18. The first-order valence-electron chi connectivity index (χ1n) is 6.57. The van der Waals surface area contributed by atoms with E-state index in [9.17, 15) is 9.90 Å². The van der Waals surface area contributed by atoms with Gasteiger partial charge in [0.25, 0.3) is 5.91 Å². The van der Waals surface area contributed by atoms with Gasteiger partial charge in [-0.15, -0.1) is 0 Å². The van der Waals surface area contributed by atoms with E-state index in [1.54, 1.807) is 36.0 Å². The number of hydrogen-bond acceptors (Lipinski definition) is 5. The van der Waals surface area contributed by atoms with Crippen molar-refractivity contribution in [2.75, 3.05) is 5.75 Å². The fraction of sp³-hybridized carbons (Fsp3) is 0.500. The van der Waals surface area contributed by atoms with Crippen LogP contribution in [-0.2, 0) is 4.79 Å². The smallest absolute Gasteiger partial charge is 0.282 e. The van der Waals surface area contributed by atoms with Gasteiger partial charge in [-0.05, 0) is 29.6 Å². The lowest BCUT2D eigenvalue weighted by Gasteiger charge is -2.18. The summed E-state index contributed by atoms with van der Waals surface area (Å²) < 4.78 is 0. The first kappa shape index (κ1) is 16.8. The van der Waals surface area contributed by atoms with E-state index in [0.717, 1.165) is 5.75 Å². The number of amides is 1. The third kappa shape index (κ3) is 6.27. The minimum absolute atomic E-state index is 0.497. The summed E-state index contributed by atoms with van der Waals surface area (Å²) in [6, 6.07) is 8.21. The van der Waals surface area contributed by atoms with E-state index in [1.165, 1.54) is 0 Å². The molecular weight excluding hydrogens is 276 g/mol. The summed E-state index contributed by atoms with van der Waals surface area (Å²) in [4.78, 5) is 16.7. The molecule has 20 heavy (non-hydrogen) atoms. The number of nitrogens with one attached hydrogen (secondary N) is 1. The largest absolute Gasteiger partial charge is 0.381 e. The van der Waals surface area contributed by atoms with Crippen LogP contribution in [0.4, 0.5) is 0 Å². The lowest BCUT2D eigenvalue weighted by atomic mass is 10.1. The maximum absolute atomic E-state index is 11.7. The van der Waals surface area contributed by atoms with Crippen LogP contribution in [0.2, 0.25) is 0 Å². The van der Waals surface area contributed by atoms with Crippen LogP contribution in [0.25, 0.3) is 0 Å². The number of rotatable bonds is 8. The molecule has 5 nitrogen and oxygen atoms in total. The molecule has 0 aliphatic carbocycles. The SMILES string of the molecule is CC(C)SCC[C@@H](N)C(O)C(=O)NOc1ccccc1. The normalized spacial score (nSPS) is 13.8. The maximum Gasteiger partial charge on any atom is 0.282 e. The van der Waals surface area contributed by atoms with E-state index in [1.807, 2.05) is 6.07 Å². The Labute approximate surface area is 123 Å². The molecule has 112 valence electrons. The van der Waals surface area contributed by atoms with E-state index in [2.05, 4.69) is 19.3 Å². The van der Waals surface area contributed by atoms with E-state index >= 15 is 0 Å². The van der Waals surface area contributed by atoms with Gasteiger partial charge >= 0.3 is 0 Å². The minimum Gasteiger partial charge on any atom is -0.381 e. The lowest BCUT2D eigenvalue weighted by Crippen LogP contribution is -2.47. The number of carbonyl (C=O) groups excluding carboxylic acids is 1. The number of hydroxylamine groups is 1. The highest BCUT2D eigenvalue weighted by atomic mass is 32.2. The third-order valence-corrected chi connectivity index (χ3v) is 3.73. The van der Waals surface area contributed by atoms with Crippen molar-refractivity contribution in [2.24, 2.45) is 5.73 Å². The average molecular weight is 298 g/mol. The lowest BCUT2D eigenvalue weighted by molar-refractivity contribution is -0.137. The first-order chi connectivity index (χ1) is 9.50. The summed E-state index contributed by atoms with van der Waals surface area (Å²) in [6.07, 6.45) is -0.700. The van der Waals surface area contributed by atoms with Gasteiger partial charge in [-0.1, -0.05) is 32.0 Å². The molecule has 6 heteroatoms. The quantitative estimate of drug-likeness (QED) is 0.630. The van der Waals surface area contributed by atoms with Gasteiger partial charge in [-0.3, -0.25) is 4.79 Å². The van der Waals surface area contributed by atoms with Crippen molar-refractivity contribution in [2.45, 2.75) is 37.7 Å². The highest BCUT2D eigenvalue weighted by Gasteiger charge is 2.23. The minimum atomic E-state index is -1.27. The summed E-state index contributed by atoms with van der Waals surface area (Å²) in [5.74, 6) is 0.677. The van der Waals surface area contributed by atoms with E-state index in [0.29, 0.717) is 17.4 Å². The molecule has 0 saturated heterocycles. The average Bonchev–Trinajstić information content (AvgIpc) is 2.44. The number of carbonyl (C=O) groups is 1. The number of nitrogens with two attached hydrogens (primary N) is 1. The molecular formula is C14H22N2O3S. The van der Waals surface area contributed by atoms with Gasteiger partial charge in [0.15, 0.2) is 11.9 Å². The Kier molecular flexibility index (Phi) is 7.43. The van der Waals surface area contributed by atoms with Gasteiger partial charge in [0.2, 0.25) is 0 Å².